The Bertz CT molecular complexity index is 354. The van der Waals surface area contributed by atoms with Crippen LogP contribution in [0.2, 0.25) is 0 Å². The van der Waals surface area contributed by atoms with Crippen molar-refractivity contribution in [3.63, 3.8) is 0 Å². The first-order chi connectivity index (χ1) is 7.45. The van der Waals surface area contributed by atoms with Gasteiger partial charge in [0.05, 0.1) is 15.7 Å². The van der Waals surface area contributed by atoms with Crippen LogP contribution in [0.3, 0.4) is 0 Å². The monoisotopic (exact) mass is 241 g/mol. The molecule has 3 nitrogen and oxygen atoms in total. The summed E-state index contributed by atoms with van der Waals surface area (Å²) in [5, 5.41) is 8.66. The van der Waals surface area contributed by atoms with E-state index in [9.17, 15) is 4.21 Å². The van der Waals surface area contributed by atoms with Crippen LogP contribution in [0.5, 0.6) is 0 Å². The Hall–Kier alpha value is -0.740. The highest BCUT2D eigenvalue weighted by Crippen LogP contribution is 2.20. The number of rotatable bonds is 4. The maximum absolute atomic E-state index is 11.7. The van der Waals surface area contributed by atoms with Crippen LogP contribution in [0.25, 0.3) is 0 Å². The zero-order valence-electron chi connectivity index (χ0n) is 10.1. The van der Waals surface area contributed by atoms with Gasteiger partial charge >= 0.3 is 0 Å². The molecule has 0 amide bonds. The molecule has 0 aliphatic carbocycles. The summed E-state index contributed by atoms with van der Waals surface area (Å²) in [4.78, 5) is 5.06. The lowest BCUT2D eigenvalue weighted by Gasteiger charge is -2.17. The molecule has 1 heterocycles. The fourth-order valence-corrected chi connectivity index (χ4v) is 2.29. The van der Waals surface area contributed by atoms with Gasteiger partial charge in [-0.15, -0.1) is 0 Å². The van der Waals surface area contributed by atoms with Gasteiger partial charge in [-0.3, -0.25) is 9.19 Å². The van der Waals surface area contributed by atoms with Gasteiger partial charge < -0.3 is 5.11 Å². The molecule has 0 spiro atoms. The summed E-state index contributed by atoms with van der Waals surface area (Å²) < 4.78 is 11.7. The number of nitrogens with zero attached hydrogens (tertiary/aromatic N) is 1. The van der Waals surface area contributed by atoms with E-state index in [2.05, 4.69) is 25.8 Å². The lowest BCUT2D eigenvalue weighted by Crippen LogP contribution is -2.13. The van der Waals surface area contributed by atoms with E-state index in [4.69, 9.17) is 5.11 Å². The van der Waals surface area contributed by atoms with Crippen LogP contribution in [0, 0.1) is 0 Å². The number of aromatic nitrogens is 1. The average molecular weight is 241 g/mol. The highest BCUT2D eigenvalue weighted by Gasteiger charge is 2.15. The van der Waals surface area contributed by atoms with Gasteiger partial charge in [-0.05, 0) is 18.6 Å². The molecule has 1 unspecified atom stereocenters. The largest absolute Gasteiger partial charge is 0.396 e. The molecule has 0 aromatic carbocycles. The van der Waals surface area contributed by atoms with Crippen molar-refractivity contribution < 1.29 is 9.32 Å². The normalized spacial score (nSPS) is 13.8. The molecular formula is C12H19NO2S. The Morgan fingerprint density at radius 2 is 2.06 bits per heavy atom. The third kappa shape index (κ3) is 3.68. The molecule has 0 bridgehead atoms. The highest BCUT2D eigenvalue weighted by atomic mass is 32.2. The molecule has 0 saturated carbocycles. The summed E-state index contributed by atoms with van der Waals surface area (Å²) >= 11 is 0. The number of aliphatic hydroxyl groups excluding tert-OH is 1. The molecule has 4 heteroatoms. The zero-order chi connectivity index (χ0) is 12.2. The fourth-order valence-electron chi connectivity index (χ4n) is 1.27. The lowest BCUT2D eigenvalue weighted by atomic mass is 9.92. The Labute approximate surface area is 99.4 Å². The molecule has 1 N–H and O–H groups in total. The smallest absolute Gasteiger partial charge is 0.0571 e. The molecule has 1 aromatic heterocycles. The minimum atomic E-state index is -1.04. The minimum absolute atomic E-state index is 0.0190. The highest BCUT2D eigenvalue weighted by molar-refractivity contribution is 7.85. The topological polar surface area (TPSA) is 50.2 Å². The standard InChI is InChI=1S/C12H19NO2S/c1-12(2,3)11-6-5-10(9-13-11)16(15)8-4-7-14/h5-6,9,14H,4,7-8H2,1-3H3. The van der Waals surface area contributed by atoms with Crippen molar-refractivity contribution in [3.05, 3.63) is 24.0 Å². The summed E-state index contributed by atoms with van der Waals surface area (Å²) in [6, 6.07) is 3.78. The Morgan fingerprint density at radius 3 is 2.50 bits per heavy atom. The van der Waals surface area contributed by atoms with Crippen LogP contribution in [0.4, 0.5) is 0 Å². The predicted octanol–water partition coefficient (Wildman–Crippen LogP) is 1.87. The Kier molecular flexibility index (Phi) is 4.62. The van der Waals surface area contributed by atoms with Gasteiger partial charge in [0, 0.05) is 29.7 Å². The zero-order valence-corrected chi connectivity index (χ0v) is 10.9. The van der Waals surface area contributed by atoms with Crippen molar-refractivity contribution in [1.82, 2.24) is 4.98 Å². The second kappa shape index (κ2) is 5.55. The van der Waals surface area contributed by atoms with E-state index in [1.807, 2.05) is 12.1 Å². The predicted molar refractivity (Wildman–Crippen MR) is 65.9 cm³/mol. The van der Waals surface area contributed by atoms with Crippen LogP contribution in [-0.2, 0) is 16.2 Å². The Morgan fingerprint density at radius 1 is 1.38 bits per heavy atom. The van der Waals surface area contributed by atoms with E-state index in [0.29, 0.717) is 12.2 Å². The molecule has 0 fully saturated rings. The number of hydrogen-bond donors (Lipinski definition) is 1. The van der Waals surface area contributed by atoms with Gasteiger partial charge in [0.2, 0.25) is 0 Å². The van der Waals surface area contributed by atoms with Crippen molar-refractivity contribution in [1.29, 1.82) is 0 Å². The summed E-state index contributed by atoms with van der Waals surface area (Å²) in [5.74, 6) is 0.493. The van der Waals surface area contributed by atoms with Crippen LogP contribution in [0.15, 0.2) is 23.2 Å². The van der Waals surface area contributed by atoms with Gasteiger partial charge in [-0.25, -0.2) is 0 Å². The number of pyridine rings is 1. The van der Waals surface area contributed by atoms with Crippen molar-refractivity contribution >= 4 is 10.8 Å². The molecular weight excluding hydrogens is 222 g/mol. The maximum Gasteiger partial charge on any atom is 0.0571 e. The molecule has 1 rings (SSSR count). The third-order valence-electron chi connectivity index (χ3n) is 2.26. The fraction of sp³-hybridized carbons (Fsp3) is 0.583. The lowest BCUT2D eigenvalue weighted by molar-refractivity contribution is 0.296. The molecule has 0 aliphatic rings. The first kappa shape index (κ1) is 13.3. The van der Waals surface area contributed by atoms with Gasteiger partial charge in [0.15, 0.2) is 0 Å². The second-order valence-electron chi connectivity index (χ2n) is 4.76. The summed E-state index contributed by atoms with van der Waals surface area (Å²) in [7, 11) is -1.04. The van der Waals surface area contributed by atoms with Crippen molar-refractivity contribution in [3.8, 4) is 0 Å². The van der Waals surface area contributed by atoms with Gasteiger partial charge in [0.1, 0.15) is 0 Å². The number of hydrogen-bond acceptors (Lipinski definition) is 3. The van der Waals surface area contributed by atoms with E-state index in [1.165, 1.54) is 0 Å². The molecule has 16 heavy (non-hydrogen) atoms. The first-order valence-corrected chi connectivity index (χ1v) is 6.73. The molecule has 90 valence electrons. The molecule has 1 atom stereocenters. The van der Waals surface area contributed by atoms with Gasteiger partial charge in [0.25, 0.3) is 0 Å². The molecule has 0 saturated heterocycles. The van der Waals surface area contributed by atoms with E-state index < -0.39 is 10.8 Å². The first-order valence-electron chi connectivity index (χ1n) is 5.41. The minimum Gasteiger partial charge on any atom is -0.396 e. The van der Waals surface area contributed by atoms with Crippen LogP contribution in [0.1, 0.15) is 32.9 Å². The van der Waals surface area contributed by atoms with Crippen LogP contribution < -0.4 is 0 Å². The summed E-state index contributed by atoms with van der Waals surface area (Å²) in [6.07, 6.45) is 2.24. The van der Waals surface area contributed by atoms with E-state index in [0.717, 1.165) is 10.6 Å². The SMILES string of the molecule is CC(C)(C)c1ccc(S(=O)CCCO)cn1. The van der Waals surface area contributed by atoms with Gasteiger partial charge in [-0.1, -0.05) is 20.8 Å². The van der Waals surface area contributed by atoms with Crippen LogP contribution in [-0.4, -0.2) is 26.7 Å². The second-order valence-corrected chi connectivity index (χ2v) is 6.33. The molecule has 0 aliphatic heterocycles. The summed E-state index contributed by atoms with van der Waals surface area (Å²) in [6.45, 7) is 6.37. The Balaban J connectivity index is 2.75. The van der Waals surface area contributed by atoms with Crippen LogP contribution >= 0.6 is 0 Å². The molecule has 1 aromatic rings. The average Bonchev–Trinajstić information content (AvgIpc) is 2.25. The van der Waals surface area contributed by atoms with Crippen molar-refractivity contribution in [2.24, 2.45) is 0 Å². The quantitative estimate of drug-likeness (QED) is 0.875. The van der Waals surface area contributed by atoms with E-state index in [-0.39, 0.29) is 12.0 Å². The van der Waals surface area contributed by atoms with E-state index >= 15 is 0 Å². The van der Waals surface area contributed by atoms with Crippen molar-refractivity contribution in [2.75, 3.05) is 12.4 Å². The third-order valence-corrected chi connectivity index (χ3v) is 3.68. The van der Waals surface area contributed by atoms with E-state index in [1.54, 1.807) is 6.20 Å². The molecule has 0 radical (unpaired) electrons. The maximum atomic E-state index is 11.7. The number of aliphatic hydroxyl groups is 1. The van der Waals surface area contributed by atoms with Gasteiger partial charge in [-0.2, -0.15) is 0 Å². The summed E-state index contributed by atoms with van der Waals surface area (Å²) in [5.41, 5.74) is 1.01. The van der Waals surface area contributed by atoms with Crippen molar-refractivity contribution in [2.45, 2.75) is 37.5 Å².